The summed E-state index contributed by atoms with van der Waals surface area (Å²) in [5.74, 6) is 1.13. The molecule has 0 radical (unpaired) electrons. The molecular weight excluding hydrogens is 475 g/mol. The Bertz CT molecular complexity index is 1010. The second kappa shape index (κ2) is 12.3. The minimum Gasteiger partial charge on any atom is -0.486 e. The van der Waals surface area contributed by atoms with Crippen LogP contribution < -0.4 is 14.8 Å². The number of amides is 2. The van der Waals surface area contributed by atoms with Crippen LogP contribution in [-0.2, 0) is 22.6 Å². The van der Waals surface area contributed by atoms with Crippen LogP contribution in [0.5, 0.6) is 11.5 Å². The molecular formula is C26H32Cl2N2O4. The molecule has 0 spiro atoms. The van der Waals surface area contributed by atoms with Gasteiger partial charge in [-0.2, -0.15) is 0 Å². The number of rotatable bonds is 10. The highest BCUT2D eigenvalue weighted by molar-refractivity contribution is 6.35. The molecule has 0 aliphatic carbocycles. The van der Waals surface area contributed by atoms with E-state index in [0.29, 0.717) is 47.6 Å². The normalized spacial score (nSPS) is 14.3. The fourth-order valence-corrected chi connectivity index (χ4v) is 4.30. The molecule has 8 heteroatoms. The van der Waals surface area contributed by atoms with Gasteiger partial charge in [-0.1, -0.05) is 49.2 Å². The van der Waals surface area contributed by atoms with E-state index >= 15 is 0 Å². The number of aryl methyl sites for hydroxylation is 1. The molecule has 0 saturated carbocycles. The Balaban J connectivity index is 1.79. The second-order valence-electron chi connectivity index (χ2n) is 8.48. The van der Waals surface area contributed by atoms with Crippen molar-refractivity contribution in [3.05, 3.63) is 57.6 Å². The lowest BCUT2D eigenvalue weighted by atomic mass is 10.0. The number of nitrogens with zero attached hydrogens (tertiary/aromatic N) is 1. The van der Waals surface area contributed by atoms with E-state index in [1.807, 2.05) is 39.0 Å². The van der Waals surface area contributed by atoms with E-state index in [0.717, 1.165) is 17.5 Å². The highest BCUT2D eigenvalue weighted by Crippen LogP contribution is 2.31. The van der Waals surface area contributed by atoms with Crippen molar-refractivity contribution in [2.24, 2.45) is 0 Å². The molecule has 34 heavy (non-hydrogen) atoms. The fourth-order valence-electron chi connectivity index (χ4n) is 3.83. The molecule has 1 aliphatic heterocycles. The first kappa shape index (κ1) is 26.2. The molecule has 2 atom stereocenters. The zero-order chi connectivity index (χ0) is 24.7. The standard InChI is InChI=1S/C26H32Cl2N2O4/c1-4-17(3)29-26(32)22(5-2)30(16-19-8-9-20(27)15-21(19)28)25(31)11-7-18-6-10-23-24(14-18)34-13-12-33-23/h6,8-10,14-15,17,22H,4-5,7,11-13,16H2,1-3H3,(H,29,32)/t17-,22+/m0/s1. The van der Waals surface area contributed by atoms with Gasteiger partial charge in [-0.25, -0.2) is 0 Å². The average Bonchev–Trinajstić information content (AvgIpc) is 2.83. The maximum Gasteiger partial charge on any atom is 0.243 e. The molecule has 1 heterocycles. The molecule has 0 fully saturated rings. The van der Waals surface area contributed by atoms with Gasteiger partial charge in [-0.05, 0) is 61.6 Å². The van der Waals surface area contributed by atoms with Crippen LogP contribution in [-0.4, -0.2) is 42.0 Å². The SMILES string of the molecule is CC[C@H](C(=O)N[C@@H](C)CC)N(Cc1ccc(Cl)cc1Cl)C(=O)CCc1ccc2c(c1)OCCO2. The van der Waals surface area contributed by atoms with E-state index in [2.05, 4.69) is 5.32 Å². The molecule has 2 amide bonds. The van der Waals surface area contributed by atoms with Crippen molar-refractivity contribution in [2.75, 3.05) is 13.2 Å². The Morgan fingerprint density at radius 1 is 1.03 bits per heavy atom. The van der Waals surface area contributed by atoms with Crippen LogP contribution in [0.15, 0.2) is 36.4 Å². The smallest absolute Gasteiger partial charge is 0.243 e. The first-order valence-corrected chi connectivity index (χ1v) is 12.5. The number of hydrogen-bond acceptors (Lipinski definition) is 4. The Morgan fingerprint density at radius 3 is 2.44 bits per heavy atom. The van der Waals surface area contributed by atoms with Crippen molar-refractivity contribution in [1.29, 1.82) is 0 Å². The highest BCUT2D eigenvalue weighted by Gasteiger charge is 2.29. The van der Waals surface area contributed by atoms with E-state index in [9.17, 15) is 9.59 Å². The number of carbonyl (C=O) groups excluding carboxylic acids is 2. The van der Waals surface area contributed by atoms with E-state index in [4.69, 9.17) is 32.7 Å². The predicted molar refractivity (Wildman–Crippen MR) is 135 cm³/mol. The van der Waals surface area contributed by atoms with Crippen molar-refractivity contribution < 1.29 is 19.1 Å². The van der Waals surface area contributed by atoms with Gasteiger partial charge < -0.3 is 19.7 Å². The number of nitrogens with one attached hydrogen (secondary N) is 1. The molecule has 0 bridgehead atoms. The van der Waals surface area contributed by atoms with E-state index < -0.39 is 6.04 Å². The molecule has 0 unspecified atom stereocenters. The summed E-state index contributed by atoms with van der Waals surface area (Å²) in [4.78, 5) is 28.2. The molecule has 0 aromatic heterocycles. The zero-order valence-corrected chi connectivity index (χ0v) is 21.4. The molecule has 1 N–H and O–H groups in total. The summed E-state index contributed by atoms with van der Waals surface area (Å²) in [5, 5.41) is 4.00. The Labute approximate surface area is 211 Å². The molecule has 6 nitrogen and oxygen atoms in total. The lowest BCUT2D eigenvalue weighted by Gasteiger charge is -2.32. The maximum absolute atomic E-state index is 13.5. The van der Waals surface area contributed by atoms with Crippen LogP contribution in [0.1, 0.15) is 51.2 Å². The molecule has 184 valence electrons. The van der Waals surface area contributed by atoms with Gasteiger partial charge in [0.1, 0.15) is 19.3 Å². The molecule has 3 rings (SSSR count). The maximum atomic E-state index is 13.5. The zero-order valence-electron chi connectivity index (χ0n) is 19.9. The summed E-state index contributed by atoms with van der Waals surface area (Å²) in [5.41, 5.74) is 1.72. The average molecular weight is 507 g/mol. The molecule has 2 aromatic carbocycles. The van der Waals surface area contributed by atoms with Gasteiger partial charge in [0.15, 0.2) is 11.5 Å². The summed E-state index contributed by atoms with van der Waals surface area (Å²) in [6.07, 6.45) is 2.06. The molecule has 0 saturated heterocycles. The number of fused-ring (bicyclic) bond motifs is 1. The number of hydrogen-bond donors (Lipinski definition) is 1. The Morgan fingerprint density at radius 2 is 1.76 bits per heavy atom. The predicted octanol–water partition coefficient (Wildman–Crippen LogP) is 5.42. The summed E-state index contributed by atoms with van der Waals surface area (Å²) in [6.45, 7) is 7.14. The summed E-state index contributed by atoms with van der Waals surface area (Å²) < 4.78 is 11.2. The van der Waals surface area contributed by atoms with Crippen LogP contribution in [0.4, 0.5) is 0 Å². The van der Waals surface area contributed by atoms with Gasteiger partial charge in [0.25, 0.3) is 0 Å². The minimum absolute atomic E-state index is 0.0235. The van der Waals surface area contributed by atoms with Gasteiger partial charge in [0.05, 0.1) is 0 Å². The Hall–Kier alpha value is -2.44. The van der Waals surface area contributed by atoms with E-state index in [-0.39, 0.29) is 30.8 Å². The summed E-state index contributed by atoms with van der Waals surface area (Å²) in [6, 6.07) is 10.3. The second-order valence-corrected chi connectivity index (χ2v) is 9.32. The molecule has 2 aromatic rings. The topological polar surface area (TPSA) is 67.9 Å². The van der Waals surface area contributed by atoms with Crippen molar-refractivity contribution in [2.45, 2.75) is 65.1 Å². The fraction of sp³-hybridized carbons (Fsp3) is 0.462. The van der Waals surface area contributed by atoms with Gasteiger partial charge in [-0.15, -0.1) is 0 Å². The van der Waals surface area contributed by atoms with Crippen LogP contribution in [0.3, 0.4) is 0 Å². The van der Waals surface area contributed by atoms with E-state index in [1.165, 1.54) is 0 Å². The first-order chi connectivity index (χ1) is 16.3. The number of benzene rings is 2. The third-order valence-corrected chi connectivity index (χ3v) is 6.56. The number of ether oxygens (including phenoxy) is 2. The third kappa shape index (κ3) is 6.80. The monoisotopic (exact) mass is 506 g/mol. The van der Waals surface area contributed by atoms with Crippen LogP contribution in [0.2, 0.25) is 10.0 Å². The quantitative estimate of drug-likeness (QED) is 0.467. The third-order valence-electron chi connectivity index (χ3n) is 5.98. The van der Waals surface area contributed by atoms with Gasteiger partial charge in [0, 0.05) is 29.1 Å². The lowest BCUT2D eigenvalue weighted by Crippen LogP contribution is -2.50. The van der Waals surface area contributed by atoms with E-state index in [1.54, 1.807) is 23.1 Å². The number of carbonyl (C=O) groups is 2. The summed E-state index contributed by atoms with van der Waals surface area (Å²) in [7, 11) is 0. The van der Waals surface area contributed by atoms with Crippen molar-refractivity contribution in [3.63, 3.8) is 0 Å². The lowest BCUT2D eigenvalue weighted by molar-refractivity contribution is -0.141. The molecule has 1 aliphatic rings. The van der Waals surface area contributed by atoms with Crippen molar-refractivity contribution in [3.8, 4) is 11.5 Å². The van der Waals surface area contributed by atoms with Crippen LogP contribution in [0, 0.1) is 0 Å². The van der Waals surface area contributed by atoms with Gasteiger partial charge >= 0.3 is 0 Å². The summed E-state index contributed by atoms with van der Waals surface area (Å²) >= 11 is 12.5. The van der Waals surface area contributed by atoms with Crippen molar-refractivity contribution in [1.82, 2.24) is 10.2 Å². The number of halogens is 2. The van der Waals surface area contributed by atoms with Crippen molar-refractivity contribution >= 4 is 35.0 Å². The van der Waals surface area contributed by atoms with Crippen LogP contribution >= 0.6 is 23.2 Å². The van der Waals surface area contributed by atoms with Gasteiger partial charge in [0.2, 0.25) is 11.8 Å². The highest BCUT2D eigenvalue weighted by atomic mass is 35.5. The van der Waals surface area contributed by atoms with Gasteiger partial charge in [-0.3, -0.25) is 9.59 Å². The largest absolute Gasteiger partial charge is 0.486 e. The Kier molecular flexibility index (Phi) is 9.48. The van der Waals surface area contributed by atoms with Crippen LogP contribution in [0.25, 0.3) is 0 Å². The first-order valence-electron chi connectivity index (χ1n) is 11.7. The minimum atomic E-state index is -0.603.